The fourth-order valence-electron chi connectivity index (χ4n) is 2.41. The minimum Gasteiger partial charge on any atom is -0.389 e. The van der Waals surface area contributed by atoms with Crippen molar-refractivity contribution in [1.82, 2.24) is 14.8 Å². The van der Waals surface area contributed by atoms with Gasteiger partial charge in [-0.05, 0) is 44.2 Å². The Kier molecular flexibility index (Phi) is 5.18. The summed E-state index contributed by atoms with van der Waals surface area (Å²) in [5.41, 5.74) is 8.59. The molecule has 0 saturated heterocycles. The molecule has 0 amide bonds. The third-order valence-electron chi connectivity index (χ3n) is 3.70. The maximum atomic E-state index is 13.7. The second-order valence-corrected chi connectivity index (χ2v) is 6.10. The number of nitrogens with zero attached hydrogens (tertiary/aromatic N) is 4. The van der Waals surface area contributed by atoms with Gasteiger partial charge in [0.25, 0.3) is 0 Å². The molecule has 0 aliphatic heterocycles. The second-order valence-electron chi connectivity index (χ2n) is 5.69. The van der Waals surface area contributed by atoms with Crippen LogP contribution in [0.3, 0.4) is 0 Å². The van der Waals surface area contributed by atoms with E-state index in [2.05, 4.69) is 15.2 Å². The smallest absolute Gasteiger partial charge is 0.171 e. The fraction of sp³-hybridized carbons (Fsp3) is 0.167. The van der Waals surface area contributed by atoms with Gasteiger partial charge in [0.05, 0.1) is 10.7 Å². The molecule has 0 radical (unpaired) electrons. The molecule has 0 aliphatic rings. The summed E-state index contributed by atoms with van der Waals surface area (Å²) < 4.78 is 15.4. The molecule has 2 N–H and O–H groups in total. The van der Waals surface area contributed by atoms with E-state index < -0.39 is 5.82 Å². The monoisotopic (exact) mass is 373 g/mol. The highest BCUT2D eigenvalue weighted by Gasteiger charge is 2.09. The number of hydrogen-bond donors (Lipinski definition) is 1. The van der Waals surface area contributed by atoms with Crippen LogP contribution in [0.1, 0.15) is 22.5 Å². The topological polar surface area (TPSA) is 78.3 Å². The maximum absolute atomic E-state index is 13.7. The normalized spacial score (nSPS) is 11.6. The fourth-order valence-corrected chi connectivity index (χ4v) is 2.63. The van der Waals surface area contributed by atoms with Crippen molar-refractivity contribution < 1.29 is 9.23 Å². The first-order valence-electron chi connectivity index (χ1n) is 7.84. The van der Waals surface area contributed by atoms with E-state index in [4.69, 9.17) is 22.2 Å². The SMILES string of the molecule is Cc1cc(C)n(-c2ccc(/C(N)=N\OCc3c(F)cccc3Cl)cn2)n1. The highest BCUT2D eigenvalue weighted by atomic mass is 35.5. The summed E-state index contributed by atoms with van der Waals surface area (Å²) in [4.78, 5) is 9.47. The molecule has 1 aromatic carbocycles. The van der Waals surface area contributed by atoms with Crippen molar-refractivity contribution >= 4 is 17.4 Å². The molecule has 0 aliphatic carbocycles. The summed E-state index contributed by atoms with van der Waals surface area (Å²) in [6, 6.07) is 9.92. The van der Waals surface area contributed by atoms with Crippen LogP contribution in [-0.4, -0.2) is 20.6 Å². The Balaban J connectivity index is 1.70. The lowest BCUT2D eigenvalue weighted by atomic mass is 10.2. The van der Waals surface area contributed by atoms with Gasteiger partial charge in [0.15, 0.2) is 11.7 Å². The largest absolute Gasteiger partial charge is 0.389 e. The van der Waals surface area contributed by atoms with Gasteiger partial charge in [-0.1, -0.05) is 22.8 Å². The summed E-state index contributed by atoms with van der Waals surface area (Å²) >= 11 is 5.93. The minimum absolute atomic E-state index is 0.122. The number of amidine groups is 1. The lowest BCUT2D eigenvalue weighted by Crippen LogP contribution is -2.15. The van der Waals surface area contributed by atoms with Gasteiger partial charge >= 0.3 is 0 Å². The Morgan fingerprint density at radius 1 is 1.31 bits per heavy atom. The summed E-state index contributed by atoms with van der Waals surface area (Å²) in [6.07, 6.45) is 1.57. The van der Waals surface area contributed by atoms with E-state index in [1.54, 1.807) is 29.1 Å². The van der Waals surface area contributed by atoms with Crippen molar-refractivity contribution in [2.75, 3.05) is 0 Å². The van der Waals surface area contributed by atoms with Crippen molar-refractivity contribution in [1.29, 1.82) is 0 Å². The zero-order chi connectivity index (χ0) is 18.7. The molecule has 3 aromatic rings. The van der Waals surface area contributed by atoms with Crippen LogP contribution in [-0.2, 0) is 11.4 Å². The Labute approximate surface area is 155 Å². The van der Waals surface area contributed by atoms with Crippen LogP contribution >= 0.6 is 11.6 Å². The van der Waals surface area contributed by atoms with E-state index in [-0.39, 0.29) is 23.0 Å². The summed E-state index contributed by atoms with van der Waals surface area (Å²) in [6.45, 7) is 3.75. The first kappa shape index (κ1) is 17.9. The summed E-state index contributed by atoms with van der Waals surface area (Å²) in [7, 11) is 0. The molecule has 2 aromatic heterocycles. The number of pyridine rings is 1. The lowest BCUT2D eigenvalue weighted by molar-refractivity contribution is 0.128. The zero-order valence-corrected chi connectivity index (χ0v) is 15.0. The van der Waals surface area contributed by atoms with Crippen molar-refractivity contribution in [3.05, 3.63) is 75.9 Å². The Morgan fingerprint density at radius 3 is 2.73 bits per heavy atom. The molecular formula is C18H17ClFN5O. The molecule has 0 fully saturated rings. The van der Waals surface area contributed by atoms with E-state index >= 15 is 0 Å². The molecule has 8 heteroatoms. The Hall–Kier alpha value is -2.93. The molecule has 0 bridgehead atoms. The molecular weight excluding hydrogens is 357 g/mol. The Morgan fingerprint density at radius 2 is 2.12 bits per heavy atom. The van der Waals surface area contributed by atoms with Gasteiger partial charge in [-0.25, -0.2) is 14.1 Å². The number of nitrogens with two attached hydrogens (primary N) is 1. The van der Waals surface area contributed by atoms with Gasteiger partial charge in [0.1, 0.15) is 12.4 Å². The maximum Gasteiger partial charge on any atom is 0.171 e. The Bertz CT molecular complexity index is 932. The highest BCUT2D eigenvalue weighted by molar-refractivity contribution is 6.31. The quantitative estimate of drug-likeness (QED) is 0.421. The van der Waals surface area contributed by atoms with E-state index in [0.717, 1.165) is 11.4 Å². The van der Waals surface area contributed by atoms with Gasteiger partial charge in [-0.2, -0.15) is 5.10 Å². The number of oxime groups is 1. The van der Waals surface area contributed by atoms with E-state index in [1.807, 2.05) is 19.9 Å². The van der Waals surface area contributed by atoms with Crippen LogP contribution in [0, 0.1) is 19.7 Å². The van der Waals surface area contributed by atoms with Gasteiger partial charge in [0, 0.05) is 23.0 Å². The third kappa shape index (κ3) is 3.83. The minimum atomic E-state index is -0.456. The van der Waals surface area contributed by atoms with Crippen LogP contribution in [0.25, 0.3) is 5.82 Å². The molecule has 0 unspecified atom stereocenters. The van der Waals surface area contributed by atoms with Gasteiger partial charge in [-0.3, -0.25) is 0 Å². The third-order valence-corrected chi connectivity index (χ3v) is 4.06. The molecule has 2 heterocycles. The zero-order valence-electron chi connectivity index (χ0n) is 14.3. The van der Waals surface area contributed by atoms with Crippen molar-refractivity contribution in [3.63, 3.8) is 0 Å². The van der Waals surface area contributed by atoms with Crippen LogP contribution in [0.2, 0.25) is 5.02 Å². The molecule has 3 rings (SSSR count). The van der Waals surface area contributed by atoms with Crippen LogP contribution < -0.4 is 5.73 Å². The number of hydrogen-bond acceptors (Lipinski definition) is 4. The number of aryl methyl sites for hydroxylation is 2. The average Bonchev–Trinajstić information content (AvgIpc) is 2.96. The average molecular weight is 374 g/mol. The lowest BCUT2D eigenvalue weighted by Gasteiger charge is -2.06. The first-order chi connectivity index (χ1) is 12.5. The molecule has 0 saturated carbocycles. The number of rotatable bonds is 5. The van der Waals surface area contributed by atoms with Gasteiger partial charge in [-0.15, -0.1) is 0 Å². The molecule has 6 nitrogen and oxygen atoms in total. The number of halogens is 2. The van der Waals surface area contributed by atoms with Gasteiger partial charge < -0.3 is 10.6 Å². The van der Waals surface area contributed by atoms with Gasteiger partial charge in [0.2, 0.25) is 0 Å². The molecule has 26 heavy (non-hydrogen) atoms. The summed E-state index contributed by atoms with van der Waals surface area (Å²) in [5, 5.41) is 8.45. The predicted molar refractivity (Wildman–Crippen MR) is 97.8 cm³/mol. The predicted octanol–water partition coefficient (Wildman–Crippen LogP) is 3.51. The molecule has 0 atom stereocenters. The van der Waals surface area contributed by atoms with Crippen molar-refractivity contribution in [2.45, 2.75) is 20.5 Å². The van der Waals surface area contributed by atoms with Crippen molar-refractivity contribution in [2.24, 2.45) is 10.9 Å². The number of aromatic nitrogens is 3. The standard InChI is InChI=1S/C18H17ClFN5O/c1-11-8-12(2)25(23-11)17-7-6-13(9-22-17)18(21)24-26-10-14-15(19)4-3-5-16(14)20/h3-9H,10H2,1-2H3,(H2,21,24). The second kappa shape index (κ2) is 7.53. The molecule has 134 valence electrons. The van der Waals surface area contributed by atoms with E-state index in [0.29, 0.717) is 11.4 Å². The van der Waals surface area contributed by atoms with Crippen LogP contribution in [0.4, 0.5) is 4.39 Å². The van der Waals surface area contributed by atoms with E-state index in [1.165, 1.54) is 12.1 Å². The van der Waals surface area contributed by atoms with E-state index in [9.17, 15) is 4.39 Å². The highest BCUT2D eigenvalue weighted by Crippen LogP contribution is 2.19. The molecule has 0 spiro atoms. The van der Waals surface area contributed by atoms with Crippen molar-refractivity contribution in [3.8, 4) is 5.82 Å². The van der Waals surface area contributed by atoms with Crippen LogP contribution in [0.5, 0.6) is 0 Å². The first-order valence-corrected chi connectivity index (χ1v) is 8.22. The number of benzene rings is 1. The summed E-state index contributed by atoms with van der Waals surface area (Å²) in [5.74, 6) is 0.346. The van der Waals surface area contributed by atoms with Crippen LogP contribution in [0.15, 0.2) is 47.8 Å².